The molecule has 0 radical (unpaired) electrons. The molecule has 4 rings (SSSR count). The number of nitrogen functional groups attached to an aromatic ring is 1. The van der Waals surface area contributed by atoms with E-state index in [1.54, 1.807) is 35.0 Å². The van der Waals surface area contributed by atoms with Crippen LogP contribution in [0.4, 0.5) is 5.82 Å². The molecule has 3 aromatic rings. The summed E-state index contributed by atoms with van der Waals surface area (Å²) in [6.07, 6.45) is 3.92. The lowest BCUT2D eigenvalue weighted by Crippen LogP contribution is -2.29. The molecule has 1 fully saturated rings. The van der Waals surface area contributed by atoms with Gasteiger partial charge in [-0.1, -0.05) is 12.1 Å². The van der Waals surface area contributed by atoms with Crippen LogP contribution in [0.2, 0.25) is 0 Å². The van der Waals surface area contributed by atoms with Crippen LogP contribution in [0.5, 0.6) is 0 Å². The average molecular weight is 401 g/mol. The maximum Gasteiger partial charge on any atom is 0.242 e. The molecule has 1 saturated heterocycles. The van der Waals surface area contributed by atoms with Gasteiger partial charge < -0.3 is 11.1 Å². The van der Waals surface area contributed by atoms with E-state index in [9.17, 15) is 8.42 Å². The lowest BCUT2D eigenvalue weighted by Gasteiger charge is -2.22. The molecule has 0 spiro atoms. The van der Waals surface area contributed by atoms with Gasteiger partial charge in [-0.25, -0.2) is 17.7 Å². The van der Waals surface area contributed by atoms with Crippen LogP contribution < -0.4 is 11.1 Å². The first-order chi connectivity index (χ1) is 13.4. The molecule has 1 atom stereocenters. The molecule has 0 amide bonds. The van der Waals surface area contributed by atoms with Crippen molar-refractivity contribution in [2.24, 2.45) is 0 Å². The van der Waals surface area contributed by atoms with Gasteiger partial charge in [-0.05, 0) is 37.1 Å². The average Bonchev–Trinajstić information content (AvgIpc) is 3.13. The van der Waals surface area contributed by atoms with Crippen molar-refractivity contribution in [1.29, 1.82) is 0 Å². The lowest BCUT2D eigenvalue weighted by molar-refractivity contribution is 0.455. The normalized spacial score (nSPS) is 18.0. The van der Waals surface area contributed by atoms with Gasteiger partial charge in [0.15, 0.2) is 5.65 Å². The summed E-state index contributed by atoms with van der Waals surface area (Å²) in [5.41, 5.74) is 9.54. The molecule has 9 heteroatoms. The Morgan fingerprint density at radius 1 is 1.25 bits per heavy atom. The largest absolute Gasteiger partial charge is 0.384 e. The lowest BCUT2D eigenvalue weighted by atomic mass is 9.96. The van der Waals surface area contributed by atoms with Crippen LogP contribution in [0, 0.1) is 0 Å². The number of fused-ring (bicyclic) bond motifs is 1. The summed E-state index contributed by atoms with van der Waals surface area (Å²) in [7, 11) is -0.430. The Morgan fingerprint density at radius 3 is 2.64 bits per heavy atom. The van der Waals surface area contributed by atoms with Crippen molar-refractivity contribution < 1.29 is 8.42 Å². The minimum Gasteiger partial charge on any atom is -0.384 e. The first kappa shape index (κ1) is 18.9. The van der Waals surface area contributed by atoms with Crippen molar-refractivity contribution in [3.05, 3.63) is 42.2 Å². The maximum absolute atomic E-state index is 12.3. The second-order valence-corrected chi connectivity index (χ2v) is 9.41. The van der Waals surface area contributed by atoms with E-state index in [4.69, 9.17) is 10.7 Å². The van der Waals surface area contributed by atoms with Crippen LogP contribution in [0.25, 0.3) is 16.8 Å². The number of nitrogens with two attached hydrogens (primary N) is 1. The third-order valence-corrected chi connectivity index (χ3v) is 7.01. The molecular weight excluding hydrogens is 376 g/mol. The van der Waals surface area contributed by atoms with Gasteiger partial charge in [0.25, 0.3) is 0 Å². The molecule has 28 heavy (non-hydrogen) atoms. The standard InChI is InChI=1S/C19H24N6O2S/c1-24(2)28(26,27)15-7-5-13(6-8-15)16-12-22-25-18(20)10-17(23-19(16)25)14-4-3-9-21-11-14/h5-8,10,12,14,21H,3-4,9,11,20H2,1-2H3. The molecule has 2 aromatic heterocycles. The molecule has 0 aliphatic carbocycles. The van der Waals surface area contributed by atoms with Gasteiger partial charge >= 0.3 is 0 Å². The highest BCUT2D eigenvalue weighted by Gasteiger charge is 2.21. The van der Waals surface area contributed by atoms with Gasteiger partial charge in [-0.3, -0.25) is 0 Å². The van der Waals surface area contributed by atoms with Crippen LogP contribution in [-0.4, -0.2) is 54.5 Å². The van der Waals surface area contributed by atoms with E-state index in [-0.39, 0.29) is 4.90 Å². The molecular formula is C19H24N6O2S. The number of piperidine rings is 1. The molecule has 0 bridgehead atoms. The molecule has 0 saturated carbocycles. The summed E-state index contributed by atoms with van der Waals surface area (Å²) in [5, 5.41) is 7.77. The number of anilines is 1. The highest BCUT2D eigenvalue weighted by atomic mass is 32.2. The molecule has 1 aromatic carbocycles. The Labute approximate surface area is 164 Å². The number of nitrogens with zero attached hydrogens (tertiary/aromatic N) is 4. The quantitative estimate of drug-likeness (QED) is 0.690. The molecule has 1 aliphatic heterocycles. The monoisotopic (exact) mass is 400 g/mol. The van der Waals surface area contributed by atoms with Crippen molar-refractivity contribution in [2.45, 2.75) is 23.7 Å². The predicted molar refractivity (Wildman–Crippen MR) is 109 cm³/mol. The Kier molecular flexibility index (Phi) is 4.82. The SMILES string of the molecule is CN(C)S(=O)(=O)c1ccc(-c2cnn3c(N)cc(C4CCCNC4)nc23)cc1. The Morgan fingerprint density at radius 2 is 2.00 bits per heavy atom. The van der Waals surface area contributed by atoms with Crippen LogP contribution in [-0.2, 0) is 10.0 Å². The van der Waals surface area contributed by atoms with E-state index in [0.29, 0.717) is 17.4 Å². The fraction of sp³-hybridized carbons (Fsp3) is 0.368. The van der Waals surface area contributed by atoms with E-state index in [1.807, 2.05) is 6.07 Å². The predicted octanol–water partition coefficient (Wildman–Crippen LogP) is 1.70. The van der Waals surface area contributed by atoms with Crippen molar-refractivity contribution >= 4 is 21.5 Å². The zero-order valence-corrected chi connectivity index (χ0v) is 16.8. The van der Waals surface area contributed by atoms with Gasteiger partial charge in [0, 0.05) is 38.2 Å². The first-order valence-corrected chi connectivity index (χ1v) is 10.7. The topological polar surface area (TPSA) is 106 Å². The van der Waals surface area contributed by atoms with Gasteiger partial charge in [-0.2, -0.15) is 9.61 Å². The van der Waals surface area contributed by atoms with E-state index in [2.05, 4.69) is 10.4 Å². The zero-order valence-electron chi connectivity index (χ0n) is 16.0. The number of nitrogens with one attached hydrogen (secondary N) is 1. The highest BCUT2D eigenvalue weighted by Crippen LogP contribution is 2.29. The molecule has 1 aliphatic rings. The van der Waals surface area contributed by atoms with E-state index >= 15 is 0 Å². The summed E-state index contributed by atoms with van der Waals surface area (Å²) in [6.45, 7) is 1.93. The van der Waals surface area contributed by atoms with Crippen LogP contribution in [0.3, 0.4) is 0 Å². The number of hydrogen-bond acceptors (Lipinski definition) is 6. The van der Waals surface area contributed by atoms with E-state index < -0.39 is 10.0 Å². The smallest absolute Gasteiger partial charge is 0.242 e. The Bertz CT molecular complexity index is 1100. The number of aromatic nitrogens is 3. The molecule has 148 valence electrons. The zero-order chi connectivity index (χ0) is 19.9. The van der Waals surface area contributed by atoms with Crippen molar-refractivity contribution in [3.8, 4) is 11.1 Å². The highest BCUT2D eigenvalue weighted by molar-refractivity contribution is 7.89. The summed E-state index contributed by atoms with van der Waals surface area (Å²) >= 11 is 0. The summed E-state index contributed by atoms with van der Waals surface area (Å²) in [5.74, 6) is 0.875. The van der Waals surface area contributed by atoms with Gasteiger partial charge in [0.05, 0.1) is 16.8 Å². The van der Waals surface area contributed by atoms with Gasteiger partial charge in [-0.15, -0.1) is 0 Å². The van der Waals surface area contributed by atoms with Crippen LogP contribution in [0.1, 0.15) is 24.5 Å². The molecule has 3 N–H and O–H groups in total. The molecule has 1 unspecified atom stereocenters. The van der Waals surface area contributed by atoms with Crippen LogP contribution >= 0.6 is 0 Å². The third-order valence-electron chi connectivity index (χ3n) is 5.18. The van der Waals surface area contributed by atoms with Crippen LogP contribution in [0.15, 0.2) is 41.4 Å². The Balaban J connectivity index is 1.75. The van der Waals surface area contributed by atoms with E-state index in [0.717, 1.165) is 42.8 Å². The minimum absolute atomic E-state index is 0.249. The van der Waals surface area contributed by atoms with Gasteiger partial charge in [0.2, 0.25) is 10.0 Å². The maximum atomic E-state index is 12.3. The van der Waals surface area contributed by atoms with Crippen molar-refractivity contribution in [2.75, 3.05) is 32.9 Å². The van der Waals surface area contributed by atoms with Crippen molar-refractivity contribution in [3.63, 3.8) is 0 Å². The fourth-order valence-corrected chi connectivity index (χ4v) is 4.44. The number of sulfonamides is 1. The van der Waals surface area contributed by atoms with E-state index in [1.165, 1.54) is 18.4 Å². The summed E-state index contributed by atoms with van der Waals surface area (Å²) in [4.78, 5) is 5.10. The number of rotatable bonds is 4. The fourth-order valence-electron chi connectivity index (χ4n) is 3.54. The second kappa shape index (κ2) is 7.16. The molecule has 3 heterocycles. The number of hydrogen-bond donors (Lipinski definition) is 2. The third kappa shape index (κ3) is 3.25. The summed E-state index contributed by atoms with van der Waals surface area (Å²) in [6, 6.07) is 8.66. The summed E-state index contributed by atoms with van der Waals surface area (Å²) < 4.78 is 27.4. The second-order valence-electron chi connectivity index (χ2n) is 7.25. The Hall–Kier alpha value is -2.49. The molecule has 8 nitrogen and oxygen atoms in total. The first-order valence-electron chi connectivity index (χ1n) is 9.26. The van der Waals surface area contributed by atoms with Crippen molar-refractivity contribution in [1.82, 2.24) is 24.2 Å². The number of benzene rings is 1. The minimum atomic E-state index is -3.46. The van der Waals surface area contributed by atoms with Gasteiger partial charge in [0.1, 0.15) is 5.82 Å².